The normalized spacial score (nSPS) is 13.0. The number of benzene rings is 4. The van der Waals surface area contributed by atoms with Gasteiger partial charge in [-0.3, -0.25) is 23.4 Å². The summed E-state index contributed by atoms with van der Waals surface area (Å²) >= 11 is 0. The molecule has 0 saturated heterocycles. The van der Waals surface area contributed by atoms with Gasteiger partial charge in [-0.2, -0.15) is 0 Å². The smallest absolute Gasteiger partial charge is 0.462 e. The number of aryl methyl sites for hydroxylation is 1. The van der Waals surface area contributed by atoms with Crippen molar-refractivity contribution in [3.63, 3.8) is 0 Å². The molecule has 4 aromatic carbocycles. The highest BCUT2D eigenvalue weighted by atomic mass is 31.2. The van der Waals surface area contributed by atoms with Crippen LogP contribution < -0.4 is 5.32 Å². The number of amides is 1. The van der Waals surface area contributed by atoms with E-state index in [0.29, 0.717) is 19.3 Å². The molecule has 0 aliphatic rings. The van der Waals surface area contributed by atoms with Gasteiger partial charge in [0.05, 0.1) is 13.2 Å². The zero-order chi connectivity index (χ0) is 51.3. The van der Waals surface area contributed by atoms with Crippen LogP contribution in [0.3, 0.4) is 0 Å². The number of phosphoric acid groups is 1. The first kappa shape index (κ1) is 61.0. The molecule has 0 saturated carbocycles. The van der Waals surface area contributed by atoms with Crippen LogP contribution in [0.15, 0.2) is 54.6 Å². The number of esters is 2. The van der Waals surface area contributed by atoms with Crippen molar-refractivity contribution in [2.45, 2.75) is 245 Å². The van der Waals surface area contributed by atoms with E-state index in [-0.39, 0.29) is 44.9 Å². The molecule has 1 amide bonds. The fraction of sp³-hybridized carbons (Fsp3) is 0.689. The Kier molecular flexibility index (Phi) is 32.2. The molecule has 0 spiro atoms. The van der Waals surface area contributed by atoms with Crippen molar-refractivity contribution in [2.24, 2.45) is 0 Å². The van der Waals surface area contributed by atoms with Gasteiger partial charge in [0.2, 0.25) is 5.91 Å². The van der Waals surface area contributed by atoms with Gasteiger partial charge in [0.25, 0.3) is 0 Å². The Hall–Kier alpha value is -3.56. The Bertz CT molecular complexity index is 2110. The minimum absolute atomic E-state index is 0.0126. The lowest BCUT2D eigenvalue weighted by molar-refractivity contribution is -0.161. The Balaban J connectivity index is 1.11. The highest BCUT2D eigenvalue weighted by molar-refractivity contribution is 7.47. The van der Waals surface area contributed by atoms with E-state index in [4.69, 9.17) is 18.5 Å². The van der Waals surface area contributed by atoms with Crippen molar-refractivity contribution in [3.8, 4) is 0 Å². The fourth-order valence-corrected chi connectivity index (χ4v) is 10.8. The summed E-state index contributed by atoms with van der Waals surface area (Å²) in [5.74, 6) is -1.05. The molecular formula is C61H96NO9P. The van der Waals surface area contributed by atoms with E-state index in [1.807, 2.05) is 0 Å². The lowest BCUT2D eigenvalue weighted by atomic mass is 9.90. The fourth-order valence-electron chi connectivity index (χ4n) is 10.0. The summed E-state index contributed by atoms with van der Waals surface area (Å²) in [4.78, 5) is 48.9. The highest BCUT2D eigenvalue weighted by Crippen LogP contribution is 2.43. The Morgan fingerprint density at radius 3 is 1.50 bits per heavy atom. The molecule has 0 heterocycles. The first-order valence-corrected chi connectivity index (χ1v) is 30.6. The van der Waals surface area contributed by atoms with Gasteiger partial charge in [-0.15, -0.1) is 0 Å². The average Bonchev–Trinajstić information content (AvgIpc) is 3.37. The lowest BCUT2D eigenvalue weighted by Gasteiger charge is -2.20. The number of phosphoric ester groups is 1. The SMILES string of the molecule is CCCCCCCCCCCCCCCCCC(=O)OC[C@H](COP(=O)(O)OCCNC(=O)CCCc1cc2cccc3ccc4cccc1c4c32)OC(=O)CCCCCCCCCCCCCCCCC. The minimum Gasteiger partial charge on any atom is -0.462 e. The first-order chi connectivity index (χ1) is 35.2. The van der Waals surface area contributed by atoms with Gasteiger partial charge in [0.15, 0.2) is 6.10 Å². The molecule has 0 aliphatic carbocycles. The van der Waals surface area contributed by atoms with Crippen molar-refractivity contribution < 1.29 is 42.4 Å². The Labute approximate surface area is 435 Å². The van der Waals surface area contributed by atoms with Crippen LogP contribution in [0, 0.1) is 0 Å². The number of unbranched alkanes of at least 4 members (excludes halogenated alkanes) is 28. The van der Waals surface area contributed by atoms with E-state index >= 15 is 0 Å². The van der Waals surface area contributed by atoms with Gasteiger partial charge in [0, 0.05) is 25.8 Å². The van der Waals surface area contributed by atoms with Crippen LogP contribution in [-0.4, -0.2) is 55.2 Å². The highest BCUT2D eigenvalue weighted by Gasteiger charge is 2.26. The maximum absolute atomic E-state index is 12.9. The second-order valence-electron chi connectivity index (χ2n) is 20.6. The summed E-state index contributed by atoms with van der Waals surface area (Å²) in [7, 11) is -4.59. The summed E-state index contributed by atoms with van der Waals surface area (Å²) < 4.78 is 34.5. The number of ether oxygens (including phenoxy) is 2. The van der Waals surface area contributed by atoms with Gasteiger partial charge in [-0.25, -0.2) is 4.57 Å². The molecule has 11 heteroatoms. The van der Waals surface area contributed by atoms with Crippen LogP contribution in [0.25, 0.3) is 32.3 Å². The molecule has 404 valence electrons. The van der Waals surface area contributed by atoms with Crippen molar-refractivity contribution in [1.82, 2.24) is 5.32 Å². The molecule has 2 N–H and O–H groups in total. The largest absolute Gasteiger partial charge is 0.472 e. The second-order valence-corrected chi connectivity index (χ2v) is 22.0. The predicted octanol–water partition coefficient (Wildman–Crippen LogP) is 17.1. The summed E-state index contributed by atoms with van der Waals surface area (Å²) in [6.45, 7) is 3.50. The van der Waals surface area contributed by atoms with Crippen LogP contribution in [-0.2, 0) is 43.9 Å². The lowest BCUT2D eigenvalue weighted by Crippen LogP contribution is -2.30. The van der Waals surface area contributed by atoms with Crippen LogP contribution in [0.2, 0.25) is 0 Å². The maximum Gasteiger partial charge on any atom is 0.472 e. The molecule has 1 unspecified atom stereocenters. The van der Waals surface area contributed by atoms with Crippen LogP contribution >= 0.6 is 7.82 Å². The number of hydrogen-bond donors (Lipinski definition) is 2. The second kappa shape index (κ2) is 38.1. The summed E-state index contributed by atoms with van der Waals surface area (Å²) in [6.07, 6.45) is 37.9. The summed E-state index contributed by atoms with van der Waals surface area (Å²) in [5, 5.41) is 10.1. The van der Waals surface area contributed by atoms with E-state index in [1.54, 1.807) is 0 Å². The van der Waals surface area contributed by atoms with E-state index in [9.17, 15) is 23.8 Å². The molecule has 10 nitrogen and oxygen atoms in total. The molecule has 72 heavy (non-hydrogen) atoms. The van der Waals surface area contributed by atoms with Gasteiger partial charge in [-0.1, -0.05) is 248 Å². The van der Waals surface area contributed by atoms with E-state index in [0.717, 1.165) is 38.5 Å². The van der Waals surface area contributed by atoms with E-state index in [2.05, 4.69) is 73.8 Å². The molecule has 0 bridgehead atoms. The van der Waals surface area contributed by atoms with Gasteiger partial charge < -0.3 is 19.7 Å². The van der Waals surface area contributed by atoms with Crippen LogP contribution in [0.5, 0.6) is 0 Å². The van der Waals surface area contributed by atoms with Crippen molar-refractivity contribution in [3.05, 3.63) is 60.2 Å². The quantitative estimate of drug-likeness (QED) is 0.0192. The van der Waals surface area contributed by atoms with Crippen molar-refractivity contribution in [2.75, 3.05) is 26.4 Å². The third-order valence-corrected chi connectivity index (χ3v) is 15.2. The number of carbonyl (C=O) groups is 3. The zero-order valence-corrected chi connectivity index (χ0v) is 45.9. The van der Waals surface area contributed by atoms with Gasteiger partial charge >= 0.3 is 19.8 Å². The zero-order valence-electron chi connectivity index (χ0n) is 45.0. The number of nitrogens with one attached hydrogen (secondary N) is 1. The predicted molar refractivity (Wildman–Crippen MR) is 298 cm³/mol. The Morgan fingerprint density at radius 1 is 0.514 bits per heavy atom. The summed E-state index contributed by atoms with van der Waals surface area (Å²) in [6, 6.07) is 19.3. The standard InChI is InChI=1S/C61H96NO9P/c1-3-5-7-9-11-13-15-17-19-21-23-25-27-29-31-42-58(64)68-49-55(71-59(65)43-32-30-28-26-24-22-20-18-16-14-12-10-8-6-4-2)50-70-72(66,67)69-47-46-62-57(63)41-35-38-53-48-54-39-33-36-51-44-45-52-37-34-40-56(53)61(52)60(51)54/h33-34,36-37,39-40,44-45,48,55H,3-32,35,38,41-43,46-47,49-50H2,1-2H3,(H,62,63)(H,66,67)/t55-/m1/s1. The van der Waals surface area contributed by atoms with E-state index in [1.165, 1.54) is 186 Å². The number of carbonyl (C=O) groups excluding carboxylic acids is 3. The third kappa shape index (κ3) is 26.1. The van der Waals surface area contributed by atoms with Crippen molar-refractivity contribution in [1.29, 1.82) is 0 Å². The van der Waals surface area contributed by atoms with Gasteiger partial charge in [-0.05, 0) is 63.6 Å². The molecule has 4 rings (SSSR count). The van der Waals surface area contributed by atoms with Crippen molar-refractivity contribution >= 4 is 58.0 Å². The monoisotopic (exact) mass is 1020 g/mol. The summed E-state index contributed by atoms with van der Waals surface area (Å²) in [5.41, 5.74) is 1.20. The first-order valence-electron chi connectivity index (χ1n) is 29.1. The molecule has 2 atom stereocenters. The van der Waals surface area contributed by atoms with E-state index < -0.39 is 32.5 Å². The van der Waals surface area contributed by atoms with Crippen LogP contribution in [0.1, 0.15) is 238 Å². The Morgan fingerprint density at radius 2 is 0.972 bits per heavy atom. The number of rotatable bonds is 46. The maximum atomic E-state index is 12.9. The topological polar surface area (TPSA) is 137 Å². The molecule has 0 aliphatic heterocycles. The molecule has 0 aromatic heterocycles. The van der Waals surface area contributed by atoms with Crippen LogP contribution in [0.4, 0.5) is 0 Å². The molecule has 0 fully saturated rings. The molecule has 0 radical (unpaired) electrons. The molecular weight excluding hydrogens is 922 g/mol. The van der Waals surface area contributed by atoms with Gasteiger partial charge in [0.1, 0.15) is 6.61 Å². The number of hydrogen-bond acceptors (Lipinski definition) is 8. The average molecular weight is 1020 g/mol. The third-order valence-electron chi connectivity index (χ3n) is 14.2. The minimum atomic E-state index is -4.59. The molecule has 4 aromatic rings.